The second-order valence-electron chi connectivity index (χ2n) is 5.17. The average molecular weight is 343 g/mol. The van der Waals surface area contributed by atoms with E-state index in [1.165, 1.54) is 6.08 Å². The molecule has 8 heteroatoms. The molecule has 1 unspecified atom stereocenters. The van der Waals surface area contributed by atoms with Crippen molar-refractivity contribution in [3.8, 4) is 5.82 Å². The van der Waals surface area contributed by atoms with Crippen LogP contribution in [0.1, 0.15) is 0 Å². The molecule has 1 aliphatic heterocycles. The van der Waals surface area contributed by atoms with Gasteiger partial charge in [-0.15, -0.1) is 0 Å². The lowest BCUT2D eigenvalue weighted by Gasteiger charge is -2.33. The molecule has 3 rings (SSSR count). The summed E-state index contributed by atoms with van der Waals surface area (Å²) in [5, 5.41) is 6.92. The van der Waals surface area contributed by atoms with Gasteiger partial charge in [-0.1, -0.05) is 6.58 Å². The zero-order valence-corrected chi connectivity index (χ0v) is 13.8. The molecule has 1 N–H and O–H groups in total. The number of amides is 2. The predicted octanol–water partition coefficient (Wildman–Crippen LogP) is 1.34. The summed E-state index contributed by atoms with van der Waals surface area (Å²) in [5.41, 5.74) is 0.581. The molecule has 0 spiro atoms. The van der Waals surface area contributed by atoms with Crippen LogP contribution in [0.15, 0.2) is 49.4 Å². The van der Waals surface area contributed by atoms with Crippen molar-refractivity contribution < 1.29 is 9.59 Å². The molecule has 7 nitrogen and oxygen atoms in total. The Morgan fingerprint density at radius 1 is 1.42 bits per heavy atom. The molecule has 1 saturated heterocycles. The largest absolute Gasteiger partial charge is 0.325 e. The minimum Gasteiger partial charge on any atom is -0.325 e. The third-order valence-corrected chi connectivity index (χ3v) is 4.67. The Kier molecular flexibility index (Phi) is 4.95. The zero-order chi connectivity index (χ0) is 16.9. The number of carbonyl (C=O) groups is 2. The van der Waals surface area contributed by atoms with Crippen LogP contribution in [0.2, 0.25) is 0 Å². The summed E-state index contributed by atoms with van der Waals surface area (Å²) in [6, 6.07) is 4.84. The maximum atomic E-state index is 12.5. The summed E-state index contributed by atoms with van der Waals surface area (Å²) in [7, 11) is 0. The maximum Gasteiger partial charge on any atom is 0.248 e. The number of aromatic nitrogens is 3. The number of nitrogens with zero attached hydrogens (tertiary/aromatic N) is 4. The third kappa shape index (κ3) is 3.48. The Morgan fingerprint density at radius 3 is 2.96 bits per heavy atom. The van der Waals surface area contributed by atoms with E-state index in [-0.39, 0.29) is 11.8 Å². The van der Waals surface area contributed by atoms with Gasteiger partial charge in [0.05, 0.1) is 11.9 Å². The summed E-state index contributed by atoms with van der Waals surface area (Å²) in [6.07, 6.45) is 6.28. The molecule has 0 aliphatic carbocycles. The van der Waals surface area contributed by atoms with Crippen LogP contribution in [0.4, 0.5) is 5.69 Å². The SMILES string of the molecule is C=CC(=O)N1CCSCC1C(=O)Nc1ccc(-n2cccn2)nc1. The van der Waals surface area contributed by atoms with Gasteiger partial charge in [-0.3, -0.25) is 9.59 Å². The van der Waals surface area contributed by atoms with Crippen LogP contribution in [0.25, 0.3) is 5.82 Å². The number of pyridine rings is 1. The Labute approximate surface area is 143 Å². The van der Waals surface area contributed by atoms with Crippen molar-refractivity contribution in [3.05, 3.63) is 49.4 Å². The van der Waals surface area contributed by atoms with Crippen molar-refractivity contribution >= 4 is 29.3 Å². The fraction of sp³-hybridized carbons (Fsp3) is 0.250. The first-order chi connectivity index (χ1) is 11.7. The van der Waals surface area contributed by atoms with Crippen LogP contribution in [0, 0.1) is 0 Å². The molecule has 0 saturated carbocycles. The summed E-state index contributed by atoms with van der Waals surface area (Å²) >= 11 is 1.66. The fourth-order valence-electron chi connectivity index (χ4n) is 2.43. The highest BCUT2D eigenvalue weighted by Gasteiger charge is 2.31. The smallest absolute Gasteiger partial charge is 0.248 e. The van der Waals surface area contributed by atoms with Crippen molar-refractivity contribution in [3.63, 3.8) is 0 Å². The number of hydrogen-bond acceptors (Lipinski definition) is 5. The summed E-state index contributed by atoms with van der Waals surface area (Å²) in [6.45, 7) is 4.05. The van der Waals surface area contributed by atoms with Crippen molar-refractivity contribution in [2.75, 3.05) is 23.4 Å². The van der Waals surface area contributed by atoms with Crippen molar-refractivity contribution in [2.24, 2.45) is 0 Å². The molecular formula is C16H17N5O2S. The van der Waals surface area contributed by atoms with E-state index < -0.39 is 6.04 Å². The van der Waals surface area contributed by atoms with E-state index >= 15 is 0 Å². The topological polar surface area (TPSA) is 80.1 Å². The van der Waals surface area contributed by atoms with Crippen LogP contribution in [0.5, 0.6) is 0 Å². The van der Waals surface area contributed by atoms with Gasteiger partial charge in [0.25, 0.3) is 0 Å². The van der Waals surface area contributed by atoms with Crippen LogP contribution >= 0.6 is 11.8 Å². The number of rotatable bonds is 4. The van der Waals surface area contributed by atoms with Gasteiger partial charge in [-0.25, -0.2) is 9.67 Å². The fourth-order valence-corrected chi connectivity index (χ4v) is 3.47. The van der Waals surface area contributed by atoms with Crippen LogP contribution in [-0.2, 0) is 9.59 Å². The lowest BCUT2D eigenvalue weighted by molar-refractivity contribution is -0.133. The predicted molar refractivity (Wildman–Crippen MR) is 93.0 cm³/mol. The first-order valence-electron chi connectivity index (χ1n) is 7.47. The summed E-state index contributed by atoms with van der Waals surface area (Å²) < 4.78 is 1.63. The number of carbonyl (C=O) groups excluding carboxylic acids is 2. The highest BCUT2D eigenvalue weighted by molar-refractivity contribution is 7.99. The number of thioether (sulfide) groups is 1. The highest BCUT2D eigenvalue weighted by atomic mass is 32.2. The molecule has 0 bridgehead atoms. The minimum absolute atomic E-state index is 0.217. The van der Waals surface area contributed by atoms with E-state index in [0.717, 1.165) is 5.75 Å². The Morgan fingerprint density at radius 2 is 2.29 bits per heavy atom. The molecule has 2 aromatic heterocycles. The van der Waals surface area contributed by atoms with Crippen LogP contribution < -0.4 is 5.32 Å². The van der Waals surface area contributed by atoms with Gasteiger partial charge in [0.2, 0.25) is 11.8 Å². The summed E-state index contributed by atoms with van der Waals surface area (Å²) in [5.74, 6) is 1.62. The lowest BCUT2D eigenvalue weighted by Crippen LogP contribution is -2.51. The summed E-state index contributed by atoms with van der Waals surface area (Å²) in [4.78, 5) is 30.3. The standard InChI is InChI=1S/C16H17N5O2S/c1-2-15(22)20-8-9-24-11-13(20)16(23)19-12-4-5-14(17-10-12)21-7-3-6-18-21/h2-7,10,13H,1,8-9,11H2,(H,19,23). The van der Waals surface area contributed by atoms with E-state index in [2.05, 4.69) is 22.0 Å². The maximum absolute atomic E-state index is 12.5. The first-order valence-corrected chi connectivity index (χ1v) is 8.62. The minimum atomic E-state index is -0.500. The third-order valence-electron chi connectivity index (χ3n) is 3.64. The number of nitrogens with one attached hydrogen (secondary N) is 1. The molecule has 1 atom stereocenters. The average Bonchev–Trinajstić information content (AvgIpc) is 3.16. The Balaban J connectivity index is 1.69. The van der Waals surface area contributed by atoms with E-state index in [4.69, 9.17) is 0 Å². The van der Waals surface area contributed by atoms with Gasteiger partial charge in [0, 0.05) is 30.4 Å². The van der Waals surface area contributed by atoms with Gasteiger partial charge >= 0.3 is 0 Å². The number of hydrogen-bond donors (Lipinski definition) is 1. The molecule has 0 radical (unpaired) electrons. The van der Waals surface area contributed by atoms with Crippen LogP contribution in [-0.4, -0.2) is 55.6 Å². The molecule has 124 valence electrons. The quantitative estimate of drug-likeness (QED) is 0.848. The van der Waals surface area contributed by atoms with Crippen LogP contribution in [0.3, 0.4) is 0 Å². The van der Waals surface area contributed by atoms with E-state index in [0.29, 0.717) is 23.8 Å². The van der Waals surface area contributed by atoms with Gasteiger partial charge in [-0.05, 0) is 24.3 Å². The Hall–Kier alpha value is -2.61. The molecule has 24 heavy (non-hydrogen) atoms. The van der Waals surface area contributed by atoms with Crippen molar-refractivity contribution in [2.45, 2.75) is 6.04 Å². The van der Waals surface area contributed by atoms with Crippen molar-refractivity contribution in [1.29, 1.82) is 0 Å². The van der Waals surface area contributed by atoms with E-state index in [1.807, 2.05) is 6.07 Å². The molecule has 3 heterocycles. The monoisotopic (exact) mass is 343 g/mol. The van der Waals surface area contributed by atoms with Crippen molar-refractivity contribution in [1.82, 2.24) is 19.7 Å². The molecule has 2 aromatic rings. The van der Waals surface area contributed by atoms with Gasteiger partial charge in [0.1, 0.15) is 6.04 Å². The lowest BCUT2D eigenvalue weighted by atomic mass is 10.2. The van der Waals surface area contributed by atoms with Gasteiger partial charge in [-0.2, -0.15) is 16.9 Å². The molecular weight excluding hydrogens is 326 g/mol. The van der Waals surface area contributed by atoms with Gasteiger partial charge in [0.15, 0.2) is 5.82 Å². The number of anilines is 1. The highest BCUT2D eigenvalue weighted by Crippen LogP contribution is 2.19. The molecule has 1 fully saturated rings. The second kappa shape index (κ2) is 7.31. The van der Waals surface area contributed by atoms with E-state index in [1.54, 1.807) is 52.1 Å². The molecule has 0 aromatic carbocycles. The second-order valence-corrected chi connectivity index (χ2v) is 6.32. The zero-order valence-electron chi connectivity index (χ0n) is 13.0. The normalized spacial score (nSPS) is 17.3. The molecule has 1 aliphatic rings. The van der Waals surface area contributed by atoms with E-state index in [9.17, 15) is 9.59 Å². The Bertz CT molecular complexity index is 729. The van der Waals surface area contributed by atoms with Gasteiger partial charge < -0.3 is 10.2 Å². The molecule has 2 amide bonds. The first kappa shape index (κ1) is 16.3.